The lowest BCUT2D eigenvalue weighted by molar-refractivity contribution is 0.00912. The second kappa shape index (κ2) is 5.67. The number of aromatic nitrogens is 2. The molecule has 2 aromatic rings. The number of nitrogens with zero attached hydrogens (tertiary/aromatic N) is 3. The smallest absolute Gasteiger partial charge is 0.329 e. The van der Waals surface area contributed by atoms with E-state index in [1.165, 1.54) is 10.9 Å². The van der Waals surface area contributed by atoms with Crippen LogP contribution in [0.3, 0.4) is 0 Å². The fourth-order valence-corrected chi connectivity index (χ4v) is 3.37. The topological polar surface area (TPSA) is 76.5 Å². The van der Waals surface area contributed by atoms with E-state index < -0.39 is 5.60 Å². The molecule has 124 valence electrons. The number of hydrogen-bond acceptors (Lipinski definition) is 4. The van der Waals surface area contributed by atoms with Crippen molar-refractivity contribution in [2.45, 2.75) is 18.4 Å². The van der Waals surface area contributed by atoms with Crippen molar-refractivity contribution in [3.05, 3.63) is 48.5 Å². The Balaban J connectivity index is 1.61. The number of benzene rings is 1. The van der Waals surface area contributed by atoms with Crippen LogP contribution in [0.1, 0.15) is 23.2 Å². The predicted octanol–water partition coefficient (Wildman–Crippen LogP) is 1.51. The van der Waals surface area contributed by atoms with Gasteiger partial charge in [0.05, 0.1) is 18.7 Å². The van der Waals surface area contributed by atoms with Gasteiger partial charge in [0, 0.05) is 18.9 Å². The molecule has 1 N–H and O–H groups in total. The van der Waals surface area contributed by atoms with Crippen molar-refractivity contribution in [1.29, 1.82) is 0 Å². The van der Waals surface area contributed by atoms with Gasteiger partial charge >= 0.3 is 6.03 Å². The van der Waals surface area contributed by atoms with Crippen molar-refractivity contribution >= 4 is 11.9 Å². The first-order chi connectivity index (χ1) is 11.7. The van der Waals surface area contributed by atoms with Crippen LogP contribution in [-0.4, -0.2) is 51.6 Å². The average molecular weight is 326 g/mol. The van der Waals surface area contributed by atoms with Gasteiger partial charge in [0.15, 0.2) is 0 Å². The standard InChI is InChI=1S/C17H18N4O3/c22-15-13-4-1-2-5-14(13)24-17(10-19-15)6-3-8-20(11-17)16(23)21-9-7-18-12-21/h1-2,4-5,7,9,12H,3,6,8,10-11H2,(H,19,22)/t17-/m0/s1. The summed E-state index contributed by atoms with van der Waals surface area (Å²) in [5.74, 6) is 0.435. The highest BCUT2D eigenvalue weighted by Gasteiger charge is 2.42. The highest BCUT2D eigenvalue weighted by atomic mass is 16.5. The quantitative estimate of drug-likeness (QED) is 0.796. The first-order valence-electron chi connectivity index (χ1n) is 8.00. The second-order valence-electron chi connectivity index (χ2n) is 6.24. The van der Waals surface area contributed by atoms with Crippen molar-refractivity contribution in [1.82, 2.24) is 19.8 Å². The summed E-state index contributed by atoms with van der Waals surface area (Å²) in [7, 11) is 0. The van der Waals surface area contributed by atoms with Gasteiger partial charge in [-0.25, -0.2) is 9.78 Å². The highest BCUT2D eigenvalue weighted by Crippen LogP contribution is 2.32. The molecular formula is C17H18N4O3. The summed E-state index contributed by atoms with van der Waals surface area (Å²) in [6, 6.07) is 7.09. The van der Waals surface area contributed by atoms with Crippen LogP contribution in [0.4, 0.5) is 4.79 Å². The SMILES string of the molecule is O=C1NC[C@]2(CCCN(C(=O)n3ccnc3)C2)Oc2ccccc21. The lowest BCUT2D eigenvalue weighted by Crippen LogP contribution is -2.58. The Hall–Kier alpha value is -2.83. The largest absolute Gasteiger partial charge is 0.483 e. The van der Waals surface area contributed by atoms with E-state index in [2.05, 4.69) is 10.3 Å². The molecule has 0 saturated carbocycles. The molecule has 1 fully saturated rings. The molecule has 24 heavy (non-hydrogen) atoms. The number of carbonyl (C=O) groups excluding carboxylic acids is 2. The number of imidazole rings is 1. The van der Waals surface area contributed by atoms with E-state index in [9.17, 15) is 9.59 Å². The Morgan fingerprint density at radius 3 is 3.04 bits per heavy atom. The molecule has 7 heteroatoms. The van der Waals surface area contributed by atoms with E-state index in [4.69, 9.17) is 4.74 Å². The van der Waals surface area contributed by atoms with Gasteiger partial charge in [0.25, 0.3) is 5.91 Å². The van der Waals surface area contributed by atoms with E-state index in [0.717, 1.165) is 12.8 Å². The molecule has 0 aliphatic carbocycles. The first-order valence-corrected chi connectivity index (χ1v) is 8.00. The van der Waals surface area contributed by atoms with Crippen LogP contribution in [0.2, 0.25) is 0 Å². The van der Waals surface area contributed by atoms with E-state index in [0.29, 0.717) is 30.9 Å². The van der Waals surface area contributed by atoms with E-state index in [-0.39, 0.29) is 11.9 Å². The molecule has 0 radical (unpaired) electrons. The predicted molar refractivity (Wildman–Crippen MR) is 86.0 cm³/mol. The third-order valence-electron chi connectivity index (χ3n) is 4.56. The van der Waals surface area contributed by atoms with Crippen molar-refractivity contribution in [2.75, 3.05) is 19.6 Å². The molecule has 1 spiro atoms. The summed E-state index contributed by atoms with van der Waals surface area (Å²) in [5.41, 5.74) is -0.0658. The fraction of sp³-hybridized carbons (Fsp3) is 0.353. The molecular weight excluding hydrogens is 308 g/mol. The Morgan fingerprint density at radius 1 is 1.33 bits per heavy atom. The first kappa shape index (κ1) is 14.7. The van der Waals surface area contributed by atoms with Gasteiger partial charge in [-0.1, -0.05) is 12.1 Å². The van der Waals surface area contributed by atoms with Crippen molar-refractivity contribution in [3.63, 3.8) is 0 Å². The average Bonchev–Trinajstić information content (AvgIpc) is 3.10. The number of rotatable bonds is 0. The van der Waals surface area contributed by atoms with Crippen LogP contribution in [0, 0.1) is 0 Å². The summed E-state index contributed by atoms with van der Waals surface area (Å²) in [6.45, 7) is 1.48. The molecule has 2 amide bonds. The van der Waals surface area contributed by atoms with E-state index >= 15 is 0 Å². The van der Waals surface area contributed by atoms with Crippen LogP contribution < -0.4 is 10.1 Å². The minimum absolute atomic E-state index is 0.126. The molecule has 1 aromatic heterocycles. The number of hydrogen-bond donors (Lipinski definition) is 1. The number of likely N-dealkylation sites (tertiary alicyclic amines) is 1. The number of para-hydroxylation sites is 1. The normalized spacial score (nSPS) is 23.2. The molecule has 2 aliphatic heterocycles. The third-order valence-corrected chi connectivity index (χ3v) is 4.56. The Morgan fingerprint density at radius 2 is 2.21 bits per heavy atom. The van der Waals surface area contributed by atoms with Gasteiger partial charge in [-0.2, -0.15) is 0 Å². The fourth-order valence-electron chi connectivity index (χ4n) is 3.37. The van der Waals surface area contributed by atoms with Gasteiger partial charge in [0.2, 0.25) is 0 Å². The summed E-state index contributed by atoms with van der Waals surface area (Å²) in [5, 5.41) is 2.93. The van der Waals surface area contributed by atoms with Crippen LogP contribution in [0.5, 0.6) is 5.75 Å². The number of nitrogens with one attached hydrogen (secondary N) is 1. The van der Waals surface area contributed by atoms with Gasteiger partial charge < -0.3 is 15.0 Å². The summed E-state index contributed by atoms with van der Waals surface area (Å²) >= 11 is 0. The third kappa shape index (κ3) is 2.51. The molecule has 4 rings (SSSR count). The van der Waals surface area contributed by atoms with Crippen molar-refractivity contribution in [2.24, 2.45) is 0 Å². The molecule has 1 aromatic carbocycles. The Kier molecular flexibility index (Phi) is 3.48. The molecule has 7 nitrogen and oxygen atoms in total. The lowest BCUT2D eigenvalue weighted by Gasteiger charge is -2.41. The zero-order valence-electron chi connectivity index (χ0n) is 13.1. The Labute approximate surface area is 139 Å². The van der Waals surface area contributed by atoms with Gasteiger partial charge in [-0.15, -0.1) is 0 Å². The maximum absolute atomic E-state index is 12.6. The zero-order valence-corrected chi connectivity index (χ0v) is 13.1. The second-order valence-corrected chi connectivity index (χ2v) is 6.24. The molecule has 0 bridgehead atoms. The molecule has 1 saturated heterocycles. The van der Waals surface area contributed by atoms with E-state index in [1.807, 2.05) is 12.1 Å². The summed E-state index contributed by atoms with van der Waals surface area (Å²) in [6.07, 6.45) is 6.31. The van der Waals surface area contributed by atoms with Crippen LogP contribution in [0.15, 0.2) is 43.0 Å². The van der Waals surface area contributed by atoms with Gasteiger partial charge in [0.1, 0.15) is 17.7 Å². The summed E-state index contributed by atoms with van der Waals surface area (Å²) in [4.78, 5) is 30.5. The highest BCUT2D eigenvalue weighted by molar-refractivity contribution is 5.97. The number of ether oxygens (including phenoxy) is 1. The minimum Gasteiger partial charge on any atom is -0.483 e. The van der Waals surface area contributed by atoms with Crippen molar-refractivity contribution in [3.8, 4) is 5.75 Å². The molecule has 3 heterocycles. The molecule has 1 atom stereocenters. The van der Waals surface area contributed by atoms with Crippen molar-refractivity contribution < 1.29 is 14.3 Å². The maximum Gasteiger partial charge on any atom is 0.329 e. The lowest BCUT2D eigenvalue weighted by atomic mass is 9.92. The number of carbonyl (C=O) groups is 2. The Bertz CT molecular complexity index is 774. The van der Waals surface area contributed by atoms with Crippen LogP contribution in [0.25, 0.3) is 0 Å². The number of piperidine rings is 1. The molecule has 2 aliphatic rings. The van der Waals surface area contributed by atoms with E-state index in [1.54, 1.807) is 29.4 Å². The minimum atomic E-state index is -0.600. The monoisotopic (exact) mass is 326 g/mol. The van der Waals surface area contributed by atoms with Gasteiger partial charge in [-0.3, -0.25) is 9.36 Å². The summed E-state index contributed by atoms with van der Waals surface area (Å²) < 4.78 is 7.71. The number of amides is 2. The van der Waals surface area contributed by atoms with Gasteiger partial charge in [-0.05, 0) is 25.0 Å². The number of fused-ring (bicyclic) bond motifs is 1. The maximum atomic E-state index is 12.6. The van der Waals surface area contributed by atoms with Crippen LogP contribution >= 0.6 is 0 Å². The van der Waals surface area contributed by atoms with Crippen LogP contribution in [-0.2, 0) is 0 Å². The molecule has 0 unspecified atom stereocenters. The zero-order chi connectivity index (χ0) is 16.6.